The molecule has 0 aromatic carbocycles. The second-order valence-corrected chi connectivity index (χ2v) is 12.9. The zero-order chi connectivity index (χ0) is 33.5. The van der Waals surface area contributed by atoms with Crippen LogP contribution in [0.2, 0.25) is 0 Å². The van der Waals surface area contributed by atoms with Crippen LogP contribution in [0.4, 0.5) is 33.6 Å². The first-order chi connectivity index (χ1) is 22.4. The molecule has 4 saturated heterocycles. The quantitative estimate of drug-likeness (QED) is 0.307. The number of halogens is 5. The molecule has 1 amide bonds. The highest BCUT2D eigenvalue weighted by molar-refractivity contribution is 5.88. The van der Waals surface area contributed by atoms with E-state index in [0.717, 1.165) is 35.7 Å². The minimum Gasteiger partial charge on any atom is -0.374 e. The molecule has 47 heavy (non-hydrogen) atoms. The van der Waals surface area contributed by atoms with Gasteiger partial charge >= 0.3 is 6.18 Å². The van der Waals surface area contributed by atoms with Crippen molar-refractivity contribution in [3.63, 3.8) is 0 Å². The third-order valence-corrected chi connectivity index (χ3v) is 9.91. The Morgan fingerprint density at radius 3 is 2.32 bits per heavy atom. The molecule has 15 heteroatoms. The maximum Gasteiger partial charge on any atom is 0.451 e. The molecule has 0 aliphatic carbocycles. The molecule has 2 aromatic heterocycles. The summed E-state index contributed by atoms with van der Waals surface area (Å²) in [7, 11) is 1.66. The lowest BCUT2D eigenvalue weighted by molar-refractivity contribution is -0.205. The van der Waals surface area contributed by atoms with Gasteiger partial charge in [0.25, 0.3) is 6.43 Å². The van der Waals surface area contributed by atoms with Crippen LogP contribution in [-0.4, -0.2) is 115 Å². The number of hydrogen-bond acceptors (Lipinski definition) is 9. The van der Waals surface area contributed by atoms with E-state index in [0.29, 0.717) is 65.1 Å². The van der Waals surface area contributed by atoms with E-state index in [9.17, 15) is 26.7 Å². The number of rotatable bonds is 8. The molecule has 4 aliphatic heterocycles. The Kier molecular flexibility index (Phi) is 9.42. The van der Waals surface area contributed by atoms with Crippen molar-refractivity contribution >= 4 is 17.5 Å². The number of pyridine rings is 1. The van der Waals surface area contributed by atoms with Gasteiger partial charge in [-0.15, -0.1) is 0 Å². The molecule has 0 bridgehead atoms. The predicted octanol–water partition coefficient (Wildman–Crippen LogP) is 4.00. The number of allylic oxidation sites excluding steroid dienone is 1. The Balaban J connectivity index is 1.12. The third kappa shape index (κ3) is 6.79. The molecule has 0 saturated carbocycles. The molecule has 10 nitrogen and oxygen atoms in total. The van der Waals surface area contributed by atoms with Crippen molar-refractivity contribution < 1.29 is 36.2 Å². The van der Waals surface area contributed by atoms with Gasteiger partial charge in [-0.1, -0.05) is 0 Å². The Morgan fingerprint density at radius 2 is 1.74 bits per heavy atom. The van der Waals surface area contributed by atoms with Crippen molar-refractivity contribution in [3.8, 4) is 0 Å². The summed E-state index contributed by atoms with van der Waals surface area (Å²) in [6, 6.07) is 3.51. The highest BCUT2D eigenvalue weighted by Gasteiger charge is 2.45. The average molecular weight is 666 g/mol. The minimum atomic E-state index is -4.70. The van der Waals surface area contributed by atoms with Gasteiger partial charge < -0.3 is 24.2 Å². The average Bonchev–Trinajstić information content (AvgIpc) is 2.99. The van der Waals surface area contributed by atoms with E-state index in [-0.39, 0.29) is 29.6 Å². The highest BCUT2D eigenvalue weighted by Crippen LogP contribution is 2.41. The maximum absolute atomic E-state index is 14.0. The van der Waals surface area contributed by atoms with E-state index >= 15 is 0 Å². The molecular weight excluding hydrogens is 625 g/mol. The molecule has 2 aromatic rings. The topological polar surface area (TPSA) is 87.2 Å². The van der Waals surface area contributed by atoms with Crippen molar-refractivity contribution in [3.05, 3.63) is 53.1 Å². The number of hydrogen-bond donors (Lipinski definition) is 0. The molecular formula is C32H40F5N7O3. The number of anilines is 2. The molecule has 6 heterocycles. The van der Waals surface area contributed by atoms with Crippen LogP contribution < -0.4 is 9.80 Å². The van der Waals surface area contributed by atoms with E-state index < -0.39 is 29.9 Å². The third-order valence-electron chi connectivity index (χ3n) is 9.91. The summed E-state index contributed by atoms with van der Waals surface area (Å²) in [4.78, 5) is 32.4. The van der Waals surface area contributed by atoms with Crippen LogP contribution in [0.25, 0.3) is 0 Å². The van der Waals surface area contributed by atoms with Crippen LogP contribution >= 0.6 is 0 Å². The summed E-state index contributed by atoms with van der Waals surface area (Å²) in [5.41, 5.74) is 2.55. The minimum absolute atomic E-state index is 0.0724. The monoisotopic (exact) mass is 665 g/mol. The first kappa shape index (κ1) is 33.5. The molecule has 0 spiro atoms. The SMILES string of the molecule is COC1(c2nccc(C)c2C2CCN(c3cc(N4CC(N5CCN(C(=O)/C=C/C(F)F)[C@H](C)C5)C4)nc(C(F)(F)F)n3)CC2)COC1. The van der Waals surface area contributed by atoms with Crippen molar-refractivity contribution in [2.75, 3.05) is 75.9 Å². The van der Waals surface area contributed by atoms with E-state index in [2.05, 4.69) is 21.8 Å². The Hall–Kier alpha value is -3.43. The largest absolute Gasteiger partial charge is 0.451 e. The lowest BCUT2D eigenvalue weighted by Crippen LogP contribution is -2.65. The zero-order valence-electron chi connectivity index (χ0n) is 26.7. The zero-order valence-corrected chi connectivity index (χ0v) is 26.7. The number of aromatic nitrogens is 3. The van der Waals surface area contributed by atoms with E-state index in [1.165, 1.54) is 0 Å². The molecule has 0 N–H and O–H groups in total. The lowest BCUT2D eigenvalue weighted by atomic mass is 9.80. The van der Waals surface area contributed by atoms with Crippen LogP contribution in [-0.2, 0) is 26.0 Å². The summed E-state index contributed by atoms with van der Waals surface area (Å²) in [5.74, 6) is -0.957. The molecule has 6 rings (SSSR count). The number of piperidine rings is 1. The molecule has 4 fully saturated rings. The highest BCUT2D eigenvalue weighted by atomic mass is 19.4. The van der Waals surface area contributed by atoms with Gasteiger partial charge in [-0.3, -0.25) is 14.7 Å². The van der Waals surface area contributed by atoms with E-state index in [1.807, 2.05) is 22.8 Å². The number of ether oxygens (including phenoxy) is 2. The van der Waals surface area contributed by atoms with Gasteiger partial charge in [0.05, 0.1) is 18.9 Å². The van der Waals surface area contributed by atoms with E-state index in [4.69, 9.17) is 14.5 Å². The number of alkyl halides is 5. The molecule has 1 atom stereocenters. The van der Waals surface area contributed by atoms with Crippen molar-refractivity contribution in [2.24, 2.45) is 0 Å². The van der Waals surface area contributed by atoms with Crippen molar-refractivity contribution in [2.45, 2.75) is 62.9 Å². The van der Waals surface area contributed by atoms with Gasteiger partial charge in [0.15, 0.2) is 5.60 Å². The number of aryl methyl sites for hydroxylation is 1. The molecule has 0 unspecified atom stereocenters. The van der Waals surface area contributed by atoms with Crippen LogP contribution in [0.15, 0.2) is 30.5 Å². The summed E-state index contributed by atoms with van der Waals surface area (Å²) in [5, 5.41) is 0. The summed E-state index contributed by atoms with van der Waals surface area (Å²) in [6.45, 7) is 8.27. The van der Waals surface area contributed by atoms with Crippen LogP contribution in [0.1, 0.15) is 48.3 Å². The fraction of sp³-hybridized carbons (Fsp3) is 0.625. The summed E-state index contributed by atoms with van der Waals surface area (Å²) in [6.07, 6.45) is -2.68. The smallest absolute Gasteiger partial charge is 0.374 e. The number of methoxy groups -OCH3 is 1. The number of nitrogens with zero attached hydrogens (tertiary/aromatic N) is 7. The number of amides is 1. The first-order valence-electron chi connectivity index (χ1n) is 15.9. The van der Waals surface area contributed by atoms with Crippen molar-refractivity contribution in [1.29, 1.82) is 0 Å². The van der Waals surface area contributed by atoms with Gasteiger partial charge in [0.2, 0.25) is 11.7 Å². The normalized spacial score (nSPS) is 23.0. The van der Waals surface area contributed by atoms with Crippen LogP contribution in [0.3, 0.4) is 0 Å². The molecule has 256 valence electrons. The number of piperazine rings is 1. The summed E-state index contributed by atoms with van der Waals surface area (Å²) >= 11 is 0. The lowest BCUT2D eigenvalue weighted by Gasteiger charge is -2.50. The fourth-order valence-electron chi connectivity index (χ4n) is 7.13. The predicted molar refractivity (Wildman–Crippen MR) is 164 cm³/mol. The Morgan fingerprint density at radius 1 is 1.06 bits per heavy atom. The van der Waals surface area contributed by atoms with Gasteiger partial charge in [-0.2, -0.15) is 13.2 Å². The van der Waals surface area contributed by atoms with E-state index in [1.54, 1.807) is 24.3 Å². The Bertz CT molecular complexity index is 1470. The molecule has 4 aliphatic rings. The number of carbonyl (C=O) groups excluding carboxylic acids is 1. The standard InChI is InChI=1S/C32H40F5N7O3/c1-20-6-9-38-29(31(46-3)18-47-19-31)28(20)22-7-10-41(11-8-22)25-14-26(40-30(39-25)32(35,36)37)43-16-23(17-43)42-12-13-44(21(2)15-42)27(45)5-4-24(33)34/h4-6,9,14,21-24H,7-8,10-13,15-19H2,1-3H3/b5-4+/t21-/m1/s1. The van der Waals surface area contributed by atoms with Crippen LogP contribution in [0.5, 0.6) is 0 Å². The van der Waals surface area contributed by atoms with Crippen molar-refractivity contribution in [1.82, 2.24) is 24.8 Å². The van der Waals surface area contributed by atoms with Crippen LogP contribution in [0, 0.1) is 6.92 Å². The molecule has 0 radical (unpaired) electrons. The maximum atomic E-state index is 14.0. The second-order valence-electron chi connectivity index (χ2n) is 12.9. The van der Waals surface area contributed by atoms with Gasteiger partial charge in [-0.05, 0) is 55.9 Å². The Labute approximate surface area is 270 Å². The second kappa shape index (κ2) is 13.2. The first-order valence-corrected chi connectivity index (χ1v) is 15.9. The van der Waals surface area contributed by atoms with Gasteiger partial charge in [0, 0.05) is 83.3 Å². The fourth-order valence-corrected chi connectivity index (χ4v) is 7.13. The number of carbonyl (C=O) groups is 1. The van der Waals surface area contributed by atoms with Gasteiger partial charge in [-0.25, -0.2) is 18.7 Å². The van der Waals surface area contributed by atoms with Gasteiger partial charge in [0.1, 0.15) is 11.6 Å². The summed E-state index contributed by atoms with van der Waals surface area (Å²) < 4.78 is 78.3.